The Labute approximate surface area is 170 Å². The predicted octanol–water partition coefficient (Wildman–Crippen LogP) is 5.50. The number of rotatable bonds is 7. The molecule has 5 nitrogen and oxygen atoms in total. The Morgan fingerprint density at radius 3 is 2.59 bits per heavy atom. The van der Waals surface area contributed by atoms with Crippen molar-refractivity contribution < 1.29 is 0 Å². The molecule has 146 valence electrons. The molecule has 0 amide bonds. The summed E-state index contributed by atoms with van der Waals surface area (Å²) in [6.45, 7) is 3.44. The van der Waals surface area contributed by atoms with E-state index in [2.05, 4.69) is 112 Å². The SMILES string of the molecule is CNNN=NC/C(C)=C/Cn1c(-c2ccccc2)cc2c3ccccc3ccc21. The normalized spacial score (nSPS) is 12.3. The summed E-state index contributed by atoms with van der Waals surface area (Å²) < 4.78 is 2.38. The lowest BCUT2D eigenvalue weighted by Crippen LogP contribution is -2.20. The van der Waals surface area contributed by atoms with Crippen molar-refractivity contribution in [2.24, 2.45) is 10.3 Å². The van der Waals surface area contributed by atoms with Gasteiger partial charge in [-0.05, 0) is 35.4 Å². The first kappa shape index (κ1) is 18.9. The summed E-state index contributed by atoms with van der Waals surface area (Å²) in [7, 11) is 1.76. The third-order valence-electron chi connectivity index (χ3n) is 5.05. The van der Waals surface area contributed by atoms with Gasteiger partial charge >= 0.3 is 0 Å². The van der Waals surface area contributed by atoms with Crippen LogP contribution < -0.4 is 11.0 Å². The summed E-state index contributed by atoms with van der Waals surface area (Å²) in [4.78, 5) is 0. The van der Waals surface area contributed by atoms with Crippen LogP contribution in [0.25, 0.3) is 32.9 Å². The van der Waals surface area contributed by atoms with Gasteiger partial charge in [-0.15, -0.1) is 0 Å². The quantitative estimate of drug-likeness (QED) is 0.252. The molecule has 0 spiro atoms. The van der Waals surface area contributed by atoms with Crippen molar-refractivity contribution in [3.8, 4) is 11.3 Å². The molecule has 1 heterocycles. The smallest absolute Gasteiger partial charge is 0.0829 e. The molecule has 0 unspecified atom stereocenters. The van der Waals surface area contributed by atoms with Crippen molar-refractivity contribution in [1.82, 2.24) is 15.5 Å². The monoisotopic (exact) mass is 383 g/mol. The van der Waals surface area contributed by atoms with Crippen LogP contribution in [0.2, 0.25) is 0 Å². The van der Waals surface area contributed by atoms with Crippen LogP contribution in [-0.2, 0) is 6.54 Å². The van der Waals surface area contributed by atoms with Crippen molar-refractivity contribution in [2.45, 2.75) is 13.5 Å². The Balaban J connectivity index is 1.77. The van der Waals surface area contributed by atoms with E-state index in [0.717, 1.165) is 6.54 Å². The van der Waals surface area contributed by atoms with Crippen molar-refractivity contribution in [2.75, 3.05) is 13.6 Å². The van der Waals surface area contributed by atoms with Crippen LogP contribution in [-0.4, -0.2) is 18.2 Å². The molecule has 0 aliphatic carbocycles. The zero-order valence-electron chi connectivity index (χ0n) is 16.8. The summed E-state index contributed by atoms with van der Waals surface area (Å²) in [6.07, 6.45) is 2.22. The van der Waals surface area contributed by atoms with Gasteiger partial charge in [-0.1, -0.05) is 77.5 Å². The van der Waals surface area contributed by atoms with E-state index >= 15 is 0 Å². The molecule has 0 bridgehead atoms. The number of allylic oxidation sites excluding steroid dienone is 1. The molecule has 4 aromatic rings. The molecule has 0 fully saturated rings. The van der Waals surface area contributed by atoms with Gasteiger partial charge in [0.05, 0.1) is 6.54 Å². The minimum Gasteiger partial charge on any atom is -0.337 e. The molecule has 0 saturated heterocycles. The molecule has 0 aliphatic heterocycles. The van der Waals surface area contributed by atoms with E-state index in [9.17, 15) is 0 Å². The first-order valence-corrected chi connectivity index (χ1v) is 9.78. The molecule has 3 aromatic carbocycles. The molecular weight excluding hydrogens is 358 g/mol. The molecule has 2 N–H and O–H groups in total. The number of hydrogen-bond acceptors (Lipinski definition) is 3. The second-order valence-corrected chi connectivity index (χ2v) is 7.04. The predicted molar refractivity (Wildman–Crippen MR) is 121 cm³/mol. The van der Waals surface area contributed by atoms with Gasteiger partial charge in [0.2, 0.25) is 0 Å². The average Bonchev–Trinajstić information content (AvgIpc) is 3.15. The molecule has 5 heteroatoms. The van der Waals surface area contributed by atoms with E-state index in [1.807, 2.05) is 0 Å². The molecule has 4 rings (SSSR count). The van der Waals surface area contributed by atoms with E-state index in [0.29, 0.717) is 6.54 Å². The summed E-state index contributed by atoms with van der Waals surface area (Å²) in [6, 6.07) is 25.9. The fourth-order valence-electron chi connectivity index (χ4n) is 3.60. The van der Waals surface area contributed by atoms with Crippen molar-refractivity contribution in [1.29, 1.82) is 0 Å². The lowest BCUT2D eigenvalue weighted by Gasteiger charge is -2.10. The highest BCUT2D eigenvalue weighted by Gasteiger charge is 2.12. The van der Waals surface area contributed by atoms with Gasteiger partial charge < -0.3 is 4.57 Å². The summed E-state index contributed by atoms with van der Waals surface area (Å²) >= 11 is 0. The second-order valence-electron chi connectivity index (χ2n) is 7.04. The number of fused-ring (bicyclic) bond motifs is 3. The van der Waals surface area contributed by atoms with Crippen molar-refractivity contribution in [3.63, 3.8) is 0 Å². The van der Waals surface area contributed by atoms with Crippen LogP contribution >= 0.6 is 0 Å². The summed E-state index contributed by atoms with van der Waals surface area (Å²) in [5.41, 5.74) is 10.2. The summed E-state index contributed by atoms with van der Waals surface area (Å²) in [5, 5.41) is 11.8. The molecule has 0 saturated carbocycles. The van der Waals surface area contributed by atoms with Crippen LogP contribution in [0.15, 0.2) is 94.8 Å². The van der Waals surface area contributed by atoms with Gasteiger partial charge in [0, 0.05) is 30.2 Å². The molecule has 1 aromatic heterocycles. The molecule has 0 atom stereocenters. The van der Waals surface area contributed by atoms with Gasteiger partial charge in [0.1, 0.15) is 0 Å². The standard InChI is InChI=1S/C24H25N5/c1-18(17-26-28-27-25-2)14-15-29-23-13-12-19-8-6-7-11-21(19)22(23)16-24(29)20-9-4-3-5-10-20/h3-14,16H,15,17H2,1-2H3,(H,25,28)(H,26,27)/b18-14+. The zero-order valence-corrected chi connectivity index (χ0v) is 16.8. The third-order valence-corrected chi connectivity index (χ3v) is 5.05. The van der Waals surface area contributed by atoms with E-state index in [1.54, 1.807) is 7.05 Å². The maximum atomic E-state index is 4.12. The van der Waals surface area contributed by atoms with Gasteiger partial charge in [-0.3, -0.25) is 0 Å². The van der Waals surface area contributed by atoms with E-state index in [4.69, 9.17) is 0 Å². The highest BCUT2D eigenvalue weighted by Crippen LogP contribution is 2.33. The Morgan fingerprint density at radius 2 is 1.76 bits per heavy atom. The zero-order chi connectivity index (χ0) is 20.1. The van der Waals surface area contributed by atoms with E-state index in [-0.39, 0.29) is 0 Å². The highest BCUT2D eigenvalue weighted by molar-refractivity contribution is 6.08. The average molecular weight is 383 g/mol. The third kappa shape index (κ3) is 4.05. The van der Waals surface area contributed by atoms with Gasteiger partial charge in [-0.2, -0.15) is 5.11 Å². The first-order chi connectivity index (χ1) is 14.3. The number of benzene rings is 3. The number of nitrogens with zero attached hydrogens (tertiary/aromatic N) is 3. The van der Waals surface area contributed by atoms with Crippen LogP contribution in [0, 0.1) is 0 Å². The Morgan fingerprint density at radius 1 is 0.966 bits per heavy atom. The maximum absolute atomic E-state index is 4.12. The number of hydrogen-bond donors (Lipinski definition) is 2. The van der Waals surface area contributed by atoms with E-state index < -0.39 is 0 Å². The minimum absolute atomic E-state index is 0.567. The Bertz CT molecular complexity index is 1170. The second kappa shape index (κ2) is 8.71. The molecule has 29 heavy (non-hydrogen) atoms. The van der Waals surface area contributed by atoms with E-state index in [1.165, 1.54) is 38.5 Å². The largest absolute Gasteiger partial charge is 0.337 e. The van der Waals surface area contributed by atoms with Crippen molar-refractivity contribution in [3.05, 3.63) is 84.4 Å². The summed E-state index contributed by atoms with van der Waals surface area (Å²) in [5.74, 6) is 0. The van der Waals surface area contributed by atoms with Crippen LogP contribution in [0.1, 0.15) is 6.92 Å². The minimum atomic E-state index is 0.567. The van der Waals surface area contributed by atoms with Gasteiger partial charge in [-0.25, -0.2) is 11.0 Å². The molecule has 0 radical (unpaired) electrons. The lowest BCUT2D eigenvalue weighted by atomic mass is 10.1. The molecular formula is C24H25N5. The molecule has 0 aliphatic rings. The van der Waals surface area contributed by atoms with Gasteiger partial charge in [0.25, 0.3) is 0 Å². The number of aromatic nitrogens is 1. The highest BCUT2D eigenvalue weighted by atomic mass is 15.6. The topological polar surface area (TPSA) is 53.7 Å². The van der Waals surface area contributed by atoms with Gasteiger partial charge in [0.15, 0.2) is 0 Å². The Kier molecular flexibility index (Phi) is 5.68. The number of nitrogens with one attached hydrogen (secondary N) is 2. The van der Waals surface area contributed by atoms with Crippen LogP contribution in [0.4, 0.5) is 0 Å². The fourth-order valence-corrected chi connectivity index (χ4v) is 3.60. The van der Waals surface area contributed by atoms with Crippen LogP contribution in [0.3, 0.4) is 0 Å². The van der Waals surface area contributed by atoms with Crippen LogP contribution in [0.5, 0.6) is 0 Å². The lowest BCUT2D eigenvalue weighted by molar-refractivity contribution is 0.589. The fraction of sp³-hybridized carbons (Fsp3) is 0.167. The number of hydrazine groups is 1. The Hall–Kier alpha value is -3.44. The van der Waals surface area contributed by atoms with Crippen molar-refractivity contribution >= 4 is 21.7 Å². The first-order valence-electron chi connectivity index (χ1n) is 9.78. The maximum Gasteiger partial charge on any atom is 0.0829 e.